The van der Waals surface area contributed by atoms with Gasteiger partial charge in [-0.1, -0.05) is 18.5 Å². The van der Waals surface area contributed by atoms with E-state index < -0.39 is 0 Å². The van der Waals surface area contributed by atoms with Crippen molar-refractivity contribution in [1.29, 1.82) is 0 Å². The summed E-state index contributed by atoms with van der Waals surface area (Å²) in [6.45, 7) is 4.10. The van der Waals surface area contributed by atoms with Gasteiger partial charge in [0.25, 0.3) is 0 Å². The molecule has 0 aliphatic carbocycles. The lowest BCUT2D eigenvalue weighted by Crippen LogP contribution is -2.33. The van der Waals surface area contributed by atoms with E-state index in [0.717, 1.165) is 43.5 Å². The summed E-state index contributed by atoms with van der Waals surface area (Å²) >= 11 is 6.07. The molecule has 0 saturated carbocycles. The Kier molecular flexibility index (Phi) is 4.41. The highest BCUT2D eigenvalue weighted by atomic mass is 35.5. The predicted molar refractivity (Wildman–Crippen MR) is 75.4 cm³/mol. The monoisotopic (exact) mass is 265 g/mol. The van der Waals surface area contributed by atoms with E-state index in [1.807, 2.05) is 12.1 Å². The molecule has 1 heterocycles. The maximum Gasteiger partial charge on any atom is 0.166 e. The minimum Gasteiger partial charge on any atom is -0.306 e. The van der Waals surface area contributed by atoms with Crippen molar-refractivity contribution < 1.29 is 4.79 Å². The maximum atomic E-state index is 12.4. The second-order valence-electron chi connectivity index (χ2n) is 5.14. The van der Waals surface area contributed by atoms with Gasteiger partial charge in [0.05, 0.1) is 0 Å². The van der Waals surface area contributed by atoms with Gasteiger partial charge in [0.1, 0.15) is 0 Å². The first-order valence-electron chi connectivity index (χ1n) is 6.62. The van der Waals surface area contributed by atoms with E-state index in [-0.39, 0.29) is 11.7 Å². The molecule has 1 aromatic rings. The van der Waals surface area contributed by atoms with E-state index in [2.05, 4.69) is 18.9 Å². The second kappa shape index (κ2) is 5.85. The average molecular weight is 266 g/mol. The number of likely N-dealkylation sites (tertiary alicyclic amines) is 1. The molecule has 98 valence electrons. The first-order chi connectivity index (χ1) is 8.60. The molecule has 0 N–H and O–H groups in total. The van der Waals surface area contributed by atoms with E-state index in [4.69, 9.17) is 11.6 Å². The Morgan fingerprint density at radius 3 is 2.61 bits per heavy atom. The van der Waals surface area contributed by atoms with Crippen LogP contribution in [0.2, 0.25) is 5.02 Å². The molecule has 3 heteroatoms. The number of hydrogen-bond acceptors (Lipinski definition) is 2. The van der Waals surface area contributed by atoms with Crippen LogP contribution in [0.4, 0.5) is 0 Å². The van der Waals surface area contributed by atoms with Crippen molar-refractivity contribution in [2.75, 3.05) is 20.1 Å². The summed E-state index contributed by atoms with van der Waals surface area (Å²) in [6, 6.07) is 5.74. The van der Waals surface area contributed by atoms with Crippen LogP contribution >= 0.6 is 11.6 Å². The highest BCUT2D eigenvalue weighted by molar-refractivity contribution is 6.31. The minimum atomic E-state index is 0.171. The van der Waals surface area contributed by atoms with Crippen LogP contribution in [0, 0.1) is 5.92 Å². The number of piperidine rings is 1. The molecular weight excluding hydrogens is 246 g/mol. The van der Waals surface area contributed by atoms with Crippen LogP contribution in [-0.4, -0.2) is 30.8 Å². The smallest absolute Gasteiger partial charge is 0.166 e. The van der Waals surface area contributed by atoms with Gasteiger partial charge < -0.3 is 4.90 Å². The lowest BCUT2D eigenvalue weighted by molar-refractivity contribution is 0.0856. The highest BCUT2D eigenvalue weighted by Gasteiger charge is 2.24. The number of rotatable bonds is 3. The Morgan fingerprint density at radius 1 is 1.33 bits per heavy atom. The molecule has 1 aliphatic rings. The fraction of sp³-hybridized carbons (Fsp3) is 0.533. The van der Waals surface area contributed by atoms with E-state index in [1.54, 1.807) is 6.07 Å². The number of carbonyl (C=O) groups is 1. The summed E-state index contributed by atoms with van der Waals surface area (Å²) in [5.41, 5.74) is 1.92. The second-order valence-corrected chi connectivity index (χ2v) is 5.58. The Balaban J connectivity index is 2.15. The number of ketones is 1. The zero-order valence-electron chi connectivity index (χ0n) is 11.1. The average Bonchev–Trinajstić information content (AvgIpc) is 2.38. The molecule has 0 amide bonds. The van der Waals surface area contributed by atoms with E-state index >= 15 is 0 Å². The van der Waals surface area contributed by atoms with Crippen molar-refractivity contribution in [1.82, 2.24) is 4.90 Å². The molecule has 0 radical (unpaired) electrons. The molecule has 0 spiro atoms. The zero-order valence-corrected chi connectivity index (χ0v) is 11.8. The number of benzene rings is 1. The normalized spacial score (nSPS) is 17.9. The highest BCUT2D eigenvalue weighted by Crippen LogP contribution is 2.24. The molecule has 18 heavy (non-hydrogen) atoms. The fourth-order valence-corrected chi connectivity index (χ4v) is 2.76. The van der Waals surface area contributed by atoms with Gasteiger partial charge >= 0.3 is 0 Å². The van der Waals surface area contributed by atoms with Crippen molar-refractivity contribution in [3.63, 3.8) is 0 Å². The summed E-state index contributed by atoms with van der Waals surface area (Å²) in [4.78, 5) is 14.7. The van der Waals surface area contributed by atoms with Crippen molar-refractivity contribution in [3.8, 4) is 0 Å². The number of aryl methyl sites for hydroxylation is 1. The zero-order chi connectivity index (χ0) is 13.1. The Labute approximate surface area is 114 Å². The van der Waals surface area contributed by atoms with Gasteiger partial charge in [-0.05, 0) is 63.2 Å². The molecule has 2 rings (SSSR count). The molecule has 0 bridgehead atoms. The molecule has 1 fully saturated rings. The largest absolute Gasteiger partial charge is 0.306 e. The summed E-state index contributed by atoms with van der Waals surface area (Å²) < 4.78 is 0. The molecule has 0 aromatic heterocycles. The van der Waals surface area contributed by atoms with Gasteiger partial charge in [-0.3, -0.25) is 4.79 Å². The lowest BCUT2D eigenvalue weighted by atomic mass is 9.88. The summed E-state index contributed by atoms with van der Waals surface area (Å²) in [7, 11) is 2.11. The summed E-state index contributed by atoms with van der Waals surface area (Å²) in [6.07, 6.45) is 2.83. The molecule has 2 nitrogen and oxygen atoms in total. The first kappa shape index (κ1) is 13.6. The van der Waals surface area contributed by atoms with Crippen molar-refractivity contribution in [3.05, 3.63) is 34.3 Å². The Bertz CT molecular complexity index is 436. The van der Waals surface area contributed by atoms with Gasteiger partial charge in [0.15, 0.2) is 5.78 Å². The quantitative estimate of drug-likeness (QED) is 0.781. The number of carbonyl (C=O) groups excluding carboxylic acids is 1. The topological polar surface area (TPSA) is 20.3 Å². The van der Waals surface area contributed by atoms with Gasteiger partial charge in [-0.15, -0.1) is 0 Å². The van der Waals surface area contributed by atoms with Crippen LogP contribution in [-0.2, 0) is 6.42 Å². The van der Waals surface area contributed by atoms with Crippen LogP contribution < -0.4 is 0 Å². The number of nitrogens with zero attached hydrogens (tertiary/aromatic N) is 1. The van der Waals surface area contributed by atoms with Gasteiger partial charge in [-0.25, -0.2) is 0 Å². The summed E-state index contributed by atoms with van der Waals surface area (Å²) in [5.74, 6) is 0.435. The van der Waals surface area contributed by atoms with E-state index in [0.29, 0.717) is 5.02 Å². The van der Waals surface area contributed by atoms with Gasteiger partial charge in [0.2, 0.25) is 0 Å². The number of hydrogen-bond donors (Lipinski definition) is 0. The predicted octanol–water partition coefficient (Wildman–Crippen LogP) is 3.43. The number of halogens is 1. The third-order valence-electron chi connectivity index (χ3n) is 3.74. The van der Waals surface area contributed by atoms with Crippen LogP contribution in [0.15, 0.2) is 18.2 Å². The van der Waals surface area contributed by atoms with Crippen LogP contribution in [0.25, 0.3) is 0 Å². The third-order valence-corrected chi connectivity index (χ3v) is 3.96. The molecule has 1 saturated heterocycles. The van der Waals surface area contributed by atoms with E-state index in [1.165, 1.54) is 0 Å². The lowest BCUT2D eigenvalue weighted by Gasteiger charge is -2.28. The SMILES string of the molecule is CCc1cc(Cl)cc(C(=O)C2CCN(C)CC2)c1. The van der Waals surface area contributed by atoms with Gasteiger partial charge in [-0.2, -0.15) is 0 Å². The molecule has 1 aliphatic heterocycles. The first-order valence-corrected chi connectivity index (χ1v) is 7.00. The number of Topliss-reactive ketones (excluding diaryl/α,β-unsaturated/α-hetero) is 1. The fourth-order valence-electron chi connectivity index (χ4n) is 2.50. The van der Waals surface area contributed by atoms with E-state index in [9.17, 15) is 4.79 Å². The third kappa shape index (κ3) is 3.12. The Morgan fingerprint density at radius 2 is 2.00 bits per heavy atom. The van der Waals surface area contributed by atoms with Crippen LogP contribution in [0.5, 0.6) is 0 Å². The molecule has 0 atom stereocenters. The maximum absolute atomic E-state index is 12.4. The van der Waals surface area contributed by atoms with Crippen molar-refractivity contribution >= 4 is 17.4 Å². The summed E-state index contributed by atoms with van der Waals surface area (Å²) in [5, 5.41) is 0.672. The van der Waals surface area contributed by atoms with Crippen molar-refractivity contribution in [2.24, 2.45) is 5.92 Å². The molecular formula is C15H20ClNO. The molecule has 1 aromatic carbocycles. The van der Waals surface area contributed by atoms with Crippen molar-refractivity contribution in [2.45, 2.75) is 26.2 Å². The molecule has 0 unspecified atom stereocenters. The van der Waals surface area contributed by atoms with Gasteiger partial charge in [0, 0.05) is 16.5 Å². The standard InChI is InChI=1S/C15H20ClNO/c1-3-11-8-13(10-14(16)9-11)15(18)12-4-6-17(2)7-5-12/h8-10,12H,3-7H2,1-2H3. The van der Waals surface area contributed by atoms with Crippen LogP contribution in [0.1, 0.15) is 35.7 Å². The minimum absolute atomic E-state index is 0.171. The Hall–Kier alpha value is -0.860. The van der Waals surface area contributed by atoms with Crippen LogP contribution in [0.3, 0.4) is 0 Å².